The highest BCUT2D eigenvalue weighted by Gasteiger charge is 2.06. The van der Waals surface area contributed by atoms with Gasteiger partial charge in [0.05, 0.1) is 17.1 Å². The van der Waals surface area contributed by atoms with Crippen molar-refractivity contribution in [2.24, 2.45) is 10.2 Å². The van der Waals surface area contributed by atoms with Gasteiger partial charge in [0.25, 0.3) is 0 Å². The summed E-state index contributed by atoms with van der Waals surface area (Å²) in [7, 11) is 0. The van der Waals surface area contributed by atoms with Gasteiger partial charge in [0, 0.05) is 8.95 Å². The van der Waals surface area contributed by atoms with Crippen molar-refractivity contribution >= 4 is 49.2 Å². The second kappa shape index (κ2) is 5.75. The number of aromatic nitrogens is 2. The quantitative estimate of drug-likeness (QED) is 0.767. The van der Waals surface area contributed by atoms with Crippen LogP contribution < -0.4 is 5.73 Å². The summed E-state index contributed by atoms with van der Waals surface area (Å²) in [5, 5.41) is 8.41. The summed E-state index contributed by atoms with van der Waals surface area (Å²) in [6.07, 6.45) is 0. The molecule has 2 N–H and O–H groups in total. The van der Waals surface area contributed by atoms with Crippen LogP contribution in [0.3, 0.4) is 0 Å². The van der Waals surface area contributed by atoms with E-state index in [2.05, 4.69) is 52.1 Å². The summed E-state index contributed by atoms with van der Waals surface area (Å²) in [5.41, 5.74) is 8.37. The maximum atomic E-state index is 5.57. The number of benzene rings is 1. The second-order valence-electron chi connectivity index (χ2n) is 3.90. The largest absolute Gasteiger partial charge is 0.368 e. The van der Waals surface area contributed by atoms with E-state index in [1.807, 2.05) is 32.0 Å². The van der Waals surface area contributed by atoms with E-state index in [0.717, 1.165) is 14.6 Å². The number of nitrogens with two attached hydrogens (primary N) is 1. The lowest BCUT2D eigenvalue weighted by molar-refractivity contribution is 1.04. The van der Waals surface area contributed by atoms with Crippen LogP contribution in [0.15, 0.2) is 37.4 Å². The number of nitrogen functional groups attached to an aromatic ring is 1. The van der Waals surface area contributed by atoms with Gasteiger partial charge in [-0.1, -0.05) is 15.9 Å². The van der Waals surface area contributed by atoms with E-state index in [1.165, 1.54) is 0 Å². The number of nitrogens with zero attached hydrogens (tertiary/aromatic N) is 4. The van der Waals surface area contributed by atoms with Crippen LogP contribution in [0, 0.1) is 13.8 Å². The lowest BCUT2D eigenvalue weighted by Crippen LogP contribution is -1.98. The van der Waals surface area contributed by atoms with Crippen molar-refractivity contribution in [1.82, 2.24) is 9.97 Å². The van der Waals surface area contributed by atoms with Crippen molar-refractivity contribution in [1.29, 1.82) is 0 Å². The van der Waals surface area contributed by atoms with Gasteiger partial charge in [-0.3, -0.25) is 0 Å². The zero-order chi connectivity index (χ0) is 14.0. The highest BCUT2D eigenvalue weighted by atomic mass is 79.9. The monoisotopic (exact) mass is 383 g/mol. The minimum absolute atomic E-state index is 0.249. The second-order valence-corrected chi connectivity index (χ2v) is 5.67. The maximum Gasteiger partial charge on any atom is 0.220 e. The summed E-state index contributed by atoms with van der Waals surface area (Å²) in [6, 6.07) is 5.67. The molecule has 98 valence electrons. The normalized spacial score (nSPS) is 11.2. The molecule has 0 fully saturated rings. The number of anilines is 1. The molecule has 19 heavy (non-hydrogen) atoms. The Hall–Kier alpha value is -1.34. The van der Waals surface area contributed by atoms with Gasteiger partial charge in [-0.05, 0) is 48.0 Å². The Bertz CT molecular complexity index is 632. The molecule has 0 aliphatic rings. The van der Waals surface area contributed by atoms with Crippen LogP contribution in [-0.2, 0) is 0 Å². The number of rotatable bonds is 2. The molecule has 5 nitrogen and oxygen atoms in total. The fourth-order valence-electron chi connectivity index (χ4n) is 1.55. The molecule has 1 aromatic carbocycles. The van der Waals surface area contributed by atoms with Crippen LogP contribution in [0.4, 0.5) is 17.3 Å². The van der Waals surface area contributed by atoms with Crippen molar-refractivity contribution in [2.45, 2.75) is 13.8 Å². The van der Waals surface area contributed by atoms with E-state index in [0.29, 0.717) is 17.1 Å². The molecule has 7 heteroatoms. The highest BCUT2D eigenvalue weighted by Crippen LogP contribution is 2.31. The summed E-state index contributed by atoms with van der Waals surface area (Å²) in [6.45, 7) is 3.66. The zero-order valence-electron chi connectivity index (χ0n) is 10.4. The fourth-order valence-corrected chi connectivity index (χ4v) is 2.67. The predicted molar refractivity (Wildman–Crippen MR) is 81.9 cm³/mol. The number of hydrogen-bond acceptors (Lipinski definition) is 5. The van der Waals surface area contributed by atoms with Crippen molar-refractivity contribution in [3.05, 3.63) is 38.5 Å². The molecular formula is C12H11Br2N5. The van der Waals surface area contributed by atoms with E-state index in [1.54, 1.807) is 0 Å². The minimum Gasteiger partial charge on any atom is -0.368 e. The third kappa shape index (κ3) is 3.36. The zero-order valence-corrected chi connectivity index (χ0v) is 13.5. The van der Waals surface area contributed by atoms with Gasteiger partial charge in [-0.25, -0.2) is 9.97 Å². The smallest absolute Gasteiger partial charge is 0.220 e. The van der Waals surface area contributed by atoms with E-state index in [9.17, 15) is 0 Å². The first kappa shape index (κ1) is 14.1. The third-order valence-electron chi connectivity index (χ3n) is 2.42. The molecule has 0 aliphatic heterocycles. The minimum atomic E-state index is 0.249. The summed E-state index contributed by atoms with van der Waals surface area (Å²) < 4.78 is 1.83. The average molecular weight is 385 g/mol. The molecule has 0 saturated heterocycles. The molecule has 0 bridgehead atoms. The standard InChI is InChI=1S/C12H11Br2N5/c1-6-11(7(2)17-12(15)16-6)19-18-10-4-3-8(13)5-9(10)14/h3-5H,1-2H3,(H2,15,16,17). The summed E-state index contributed by atoms with van der Waals surface area (Å²) in [4.78, 5) is 8.15. The van der Waals surface area contributed by atoms with Crippen molar-refractivity contribution < 1.29 is 0 Å². The molecule has 0 radical (unpaired) electrons. The van der Waals surface area contributed by atoms with Crippen LogP contribution in [0.25, 0.3) is 0 Å². The molecule has 0 spiro atoms. The Morgan fingerprint density at radius 1 is 1.05 bits per heavy atom. The van der Waals surface area contributed by atoms with E-state index >= 15 is 0 Å². The first-order valence-corrected chi connectivity index (χ1v) is 7.03. The van der Waals surface area contributed by atoms with Crippen LogP contribution in [-0.4, -0.2) is 9.97 Å². The molecule has 0 saturated carbocycles. The number of azo groups is 1. The number of halogens is 2. The molecule has 0 atom stereocenters. The van der Waals surface area contributed by atoms with Gasteiger partial charge in [-0.2, -0.15) is 0 Å². The Balaban J connectivity index is 2.38. The van der Waals surface area contributed by atoms with Gasteiger partial charge >= 0.3 is 0 Å². The summed E-state index contributed by atoms with van der Waals surface area (Å²) >= 11 is 6.82. The molecular weight excluding hydrogens is 374 g/mol. The Morgan fingerprint density at radius 2 is 1.68 bits per heavy atom. The average Bonchev–Trinajstić information content (AvgIpc) is 2.30. The van der Waals surface area contributed by atoms with Crippen LogP contribution >= 0.6 is 31.9 Å². The number of hydrogen-bond donors (Lipinski definition) is 1. The van der Waals surface area contributed by atoms with Gasteiger partial charge in [0.15, 0.2) is 0 Å². The SMILES string of the molecule is Cc1nc(N)nc(C)c1N=Nc1ccc(Br)cc1Br. The van der Waals surface area contributed by atoms with Crippen molar-refractivity contribution in [2.75, 3.05) is 5.73 Å². The topological polar surface area (TPSA) is 76.5 Å². The molecule has 0 unspecified atom stereocenters. The molecule has 1 aromatic heterocycles. The van der Waals surface area contributed by atoms with Gasteiger partial charge in [-0.15, -0.1) is 10.2 Å². The van der Waals surface area contributed by atoms with Gasteiger partial charge < -0.3 is 5.73 Å². The van der Waals surface area contributed by atoms with Crippen LogP contribution in [0.1, 0.15) is 11.4 Å². The first-order chi connectivity index (χ1) is 8.97. The van der Waals surface area contributed by atoms with E-state index in [4.69, 9.17) is 5.73 Å². The lowest BCUT2D eigenvalue weighted by Gasteiger charge is -2.03. The van der Waals surface area contributed by atoms with Crippen LogP contribution in [0.2, 0.25) is 0 Å². The number of aryl methyl sites for hydroxylation is 2. The highest BCUT2D eigenvalue weighted by molar-refractivity contribution is 9.11. The Kier molecular flexibility index (Phi) is 4.26. The van der Waals surface area contributed by atoms with Gasteiger partial charge in [0.2, 0.25) is 5.95 Å². The Labute approximate surface area is 127 Å². The fraction of sp³-hybridized carbons (Fsp3) is 0.167. The summed E-state index contributed by atoms with van der Waals surface area (Å²) in [5.74, 6) is 0.249. The Morgan fingerprint density at radius 3 is 2.26 bits per heavy atom. The lowest BCUT2D eigenvalue weighted by atomic mass is 10.3. The van der Waals surface area contributed by atoms with Crippen molar-refractivity contribution in [3.8, 4) is 0 Å². The van der Waals surface area contributed by atoms with E-state index in [-0.39, 0.29) is 5.95 Å². The molecule has 0 aliphatic carbocycles. The van der Waals surface area contributed by atoms with Crippen molar-refractivity contribution in [3.63, 3.8) is 0 Å². The predicted octanol–water partition coefficient (Wildman–Crippen LogP) is 4.62. The third-order valence-corrected chi connectivity index (χ3v) is 3.55. The molecule has 2 rings (SSSR count). The molecule has 0 amide bonds. The molecule has 2 aromatic rings. The molecule has 1 heterocycles. The van der Waals surface area contributed by atoms with E-state index < -0.39 is 0 Å². The van der Waals surface area contributed by atoms with Crippen LogP contribution in [0.5, 0.6) is 0 Å². The first-order valence-electron chi connectivity index (χ1n) is 5.45. The van der Waals surface area contributed by atoms with Gasteiger partial charge in [0.1, 0.15) is 5.69 Å². The maximum absolute atomic E-state index is 5.57.